The van der Waals surface area contributed by atoms with E-state index in [1.165, 1.54) is 36.4 Å². The predicted molar refractivity (Wildman–Crippen MR) is 77.9 cm³/mol. The molecule has 3 rings (SSSR count). The van der Waals surface area contributed by atoms with Crippen molar-refractivity contribution in [2.24, 2.45) is 0 Å². The summed E-state index contributed by atoms with van der Waals surface area (Å²) in [5, 5.41) is 2.47. The van der Waals surface area contributed by atoms with E-state index >= 15 is 0 Å². The molecule has 0 aliphatic carbocycles. The first kappa shape index (κ1) is 13.9. The van der Waals surface area contributed by atoms with Crippen LogP contribution in [0.1, 0.15) is 10.4 Å². The van der Waals surface area contributed by atoms with Gasteiger partial charge >= 0.3 is 0 Å². The number of carbonyl (C=O) groups excluding carboxylic acids is 1. The van der Waals surface area contributed by atoms with Crippen LogP contribution in [0.3, 0.4) is 0 Å². The fourth-order valence-electron chi connectivity index (χ4n) is 2.02. The maximum Gasteiger partial charge on any atom is 0.258 e. The number of halogens is 2. The second-order valence-corrected chi connectivity index (χ2v) is 4.60. The van der Waals surface area contributed by atoms with Gasteiger partial charge in [-0.25, -0.2) is 13.8 Å². The van der Waals surface area contributed by atoms with E-state index in [9.17, 15) is 13.6 Å². The first-order valence-corrected chi connectivity index (χ1v) is 6.48. The Morgan fingerprint density at radius 1 is 1.14 bits per heavy atom. The number of carbonyl (C=O) groups is 1. The van der Waals surface area contributed by atoms with E-state index in [0.717, 1.165) is 6.07 Å². The van der Waals surface area contributed by atoms with Gasteiger partial charge in [0, 0.05) is 23.8 Å². The Bertz CT molecular complexity index is 816. The topological polar surface area (TPSA) is 46.9 Å². The highest BCUT2D eigenvalue weighted by Gasteiger charge is 2.13. The molecule has 0 spiro atoms. The lowest BCUT2D eigenvalue weighted by atomic mass is 10.1. The molecular formula is C16H11F2N3O. The molecule has 0 saturated heterocycles. The molecule has 0 radical (unpaired) electrons. The molecule has 110 valence electrons. The molecule has 3 aromatic rings. The third-order valence-electron chi connectivity index (χ3n) is 3.08. The van der Waals surface area contributed by atoms with Crippen molar-refractivity contribution in [3.05, 3.63) is 78.4 Å². The maximum absolute atomic E-state index is 13.9. The number of amides is 1. The van der Waals surface area contributed by atoms with E-state index in [2.05, 4.69) is 10.3 Å². The highest BCUT2D eigenvalue weighted by atomic mass is 19.1. The summed E-state index contributed by atoms with van der Waals surface area (Å²) in [7, 11) is 0. The summed E-state index contributed by atoms with van der Waals surface area (Å²) in [4.78, 5) is 16.1. The van der Waals surface area contributed by atoms with Crippen LogP contribution in [0.15, 0.2) is 61.2 Å². The number of rotatable bonds is 3. The number of nitrogens with zero attached hydrogens (tertiary/aromatic N) is 2. The number of imidazole rings is 1. The Labute approximate surface area is 125 Å². The van der Waals surface area contributed by atoms with Crippen LogP contribution in [0.4, 0.5) is 14.5 Å². The van der Waals surface area contributed by atoms with E-state index in [-0.39, 0.29) is 11.3 Å². The summed E-state index contributed by atoms with van der Waals surface area (Å²) in [5.41, 5.74) is 0.733. The van der Waals surface area contributed by atoms with Gasteiger partial charge in [-0.2, -0.15) is 0 Å². The van der Waals surface area contributed by atoms with Crippen LogP contribution in [0.2, 0.25) is 0 Å². The highest BCUT2D eigenvalue weighted by Crippen LogP contribution is 2.17. The average Bonchev–Trinajstić information content (AvgIpc) is 3.02. The zero-order valence-corrected chi connectivity index (χ0v) is 11.3. The van der Waals surface area contributed by atoms with E-state index in [1.54, 1.807) is 23.3 Å². The Morgan fingerprint density at radius 3 is 2.73 bits per heavy atom. The summed E-state index contributed by atoms with van der Waals surface area (Å²) in [6.45, 7) is 0. The Balaban J connectivity index is 1.90. The second kappa shape index (κ2) is 5.77. The third kappa shape index (κ3) is 2.85. The van der Waals surface area contributed by atoms with Crippen molar-refractivity contribution < 1.29 is 13.6 Å². The Kier molecular flexibility index (Phi) is 3.65. The van der Waals surface area contributed by atoms with Gasteiger partial charge in [0.1, 0.15) is 11.6 Å². The minimum Gasteiger partial charge on any atom is -0.322 e. The molecule has 0 bridgehead atoms. The van der Waals surface area contributed by atoms with Gasteiger partial charge in [-0.15, -0.1) is 0 Å². The third-order valence-corrected chi connectivity index (χ3v) is 3.08. The molecule has 1 amide bonds. The largest absolute Gasteiger partial charge is 0.322 e. The summed E-state index contributed by atoms with van der Waals surface area (Å²) in [5.74, 6) is -1.78. The highest BCUT2D eigenvalue weighted by molar-refractivity contribution is 6.04. The van der Waals surface area contributed by atoms with Crippen molar-refractivity contribution in [2.75, 3.05) is 5.32 Å². The Morgan fingerprint density at radius 2 is 2.00 bits per heavy atom. The minimum atomic E-state index is -0.655. The van der Waals surface area contributed by atoms with Crippen LogP contribution in [0, 0.1) is 11.6 Å². The van der Waals surface area contributed by atoms with Crippen LogP contribution in [-0.4, -0.2) is 15.5 Å². The standard InChI is InChI=1S/C16H11F2N3O/c17-11-2-1-3-12(8-11)20-16(22)14-9-13(4-5-15(14)18)21-7-6-19-10-21/h1-10H,(H,20,22). The average molecular weight is 299 g/mol. The normalized spacial score (nSPS) is 10.5. The molecule has 0 saturated carbocycles. The summed E-state index contributed by atoms with van der Waals surface area (Å²) in [6.07, 6.45) is 4.80. The first-order chi connectivity index (χ1) is 10.6. The van der Waals surface area contributed by atoms with Crippen molar-refractivity contribution in [1.29, 1.82) is 0 Å². The molecule has 0 aliphatic heterocycles. The fourth-order valence-corrected chi connectivity index (χ4v) is 2.02. The minimum absolute atomic E-state index is 0.129. The van der Waals surface area contributed by atoms with Crippen LogP contribution >= 0.6 is 0 Å². The van der Waals surface area contributed by atoms with Crippen molar-refractivity contribution in [3.8, 4) is 5.69 Å². The zero-order chi connectivity index (χ0) is 15.5. The lowest BCUT2D eigenvalue weighted by Crippen LogP contribution is -2.14. The van der Waals surface area contributed by atoms with E-state index in [4.69, 9.17) is 0 Å². The number of hydrogen-bond acceptors (Lipinski definition) is 2. The molecule has 1 heterocycles. The molecule has 22 heavy (non-hydrogen) atoms. The number of hydrogen-bond donors (Lipinski definition) is 1. The summed E-state index contributed by atoms with van der Waals surface area (Å²) >= 11 is 0. The van der Waals surface area contributed by atoms with E-state index < -0.39 is 17.5 Å². The molecule has 0 unspecified atom stereocenters. The summed E-state index contributed by atoms with van der Waals surface area (Å²) in [6, 6.07) is 9.56. The van der Waals surface area contributed by atoms with Crippen LogP contribution < -0.4 is 5.32 Å². The van der Waals surface area contributed by atoms with Crippen molar-refractivity contribution in [3.63, 3.8) is 0 Å². The molecule has 0 atom stereocenters. The summed E-state index contributed by atoms with van der Waals surface area (Å²) < 4.78 is 28.6. The molecule has 1 N–H and O–H groups in total. The smallest absolute Gasteiger partial charge is 0.258 e. The van der Waals surface area contributed by atoms with Gasteiger partial charge in [0.25, 0.3) is 5.91 Å². The lowest BCUT2D eigenvalue weighted by molar-refractivity contribution is 0.102. The van der Waals surface area contributed by atoms with E-state index in [1.807, 2.05) is 0 Å². The van der Waals surface area contributed by atoms with Gasteiger partial charge in [0.05, 0.1) is 11.9 Å². The van der Waals surface area contributed by atoms with Gasteiger partial charge in [0.2, 0.25) is 0 Å². The molecule has 4 nitrogen and oxygen atoms in total. The van der Waals surface area contributed by atoms with Gasteiger partial charge in [0.15, 0.2) is 0 Å². The SMILES string of the molecule is O=C(Nc1cccc(F)c1)c1cc(-n2ccnc2)ccc1F. The predicted octanol–water partition coefficient (Wildman–Crippen LogP) is 3.40. The molecule has 0 aliphatic rings. The molecule has 6 heteroatoms. The molecule has 1 aromatic heterocycles. The maximum atomic E-state index is 13.9. The van der Waals surface area contributed by atoms with Crippen molar-refractivity contribution in [2.45, 2.75) is 0 Å². The lowest BCUT2D eigenvalue weighted by Gasteiger charge is -2.09. The van der Waals surface area contributed by atoms with Crippen molar-refractivity contribution >= 4 is 11.6 Å². The number of anilines is 1. The van der Waals surface area contributed by atoms with Gasteiger partial charge in [-0.3, -0.25) is 4.79 Å². The molecule has 2 aromatic carbocycles. The van der Waals surface area contributed by atoms with Gasteiger partial charge in [-0.1, -0.05) is 6.07 Å². The molecular weight excluding hydrogens is 288 g/mol. The fraction of sp³-hybridized carbons (Fsp3) is 0. The first-order valence-electron chi connectivity index (χ1n) is 6.48. The van der Waals surface area contributed by atoms with Crippen molar-refractivity contribution in [1.82, 2.24) is 9.55 Å². The number of benzene rings is 2. The quantitative estimate of drug-likeness (QED) is 0.805. The van der Waals surface area contributed by atoms with E-state index in [0.29, 0.717) is 5.69 Å². The van der Waals surface area contributed by atoms with Crippen LogP contribution in [0.5, 0.6) is 0 Å². The number of aromatic nitrogens is 2. The second-order valence-electron chi connectivity index (χ2n) is 4.60. The monoisotopic (exact) mass is 299 g/mol. The number of nitrogens with one attached hydrogen (secondary N) is 1. The molecule has 0 fully saturated rings. The zero-order valence-electron chi connectivity index (χ0n) is 11.3. The van der Waals surface area contributed by atoms with Gasteiger partial charge < -0.3 is 9.88 Å². The van der Waals surface area contributed by atoms with Crippen LogP contribution in [-0.2, 0) is 0 Å². The Hall–Kier alpha value is -3.02. The van der Waals surface area contributed by atoms with Gasteiger partial charge in [-0.05, 0) is 36.4 Å². The van der Waals surface area contributed by atoms with Crippen LogP contribution in [0.25, 0.3) is 5.69 Å².